The van der Waals surface area contributed by atoms with Gasteiger partial charge in [0.25, 0.3) is 51.4 Å². The molecule has 0 fully saturated rings. The highest BCUT2D eigenvalue weighted by molar-refractivity contribution is 6.47. The van der Waals surface area contributed by atoms with Crippen LogP contribution >= 0.6 is 0 Å². The number of aromatic amines is 5. The van der Waals surface area contributed by atoms with Gasteiger partial charge in [-0.15, -0.1) is 0 Å². The van der Waals surface area contributed by atoms with Crippen LogP contribution in [0.5, 0.6) is 0 Å². The summed E-state index contributed by atoms with van der Waals surface area (Å²) in [5.41, 5.74) is 13.8. The third-order valence-electron chi connectivity index (χ3n) is 23.6. The molecule has 5 amide bonds. The van der Waals surface area contributed by atoms with Crippen molar-refractivity contribution < 1.29 is 24.0 Å². The van der Waals surface area contributed by atoms with Crippen molar-refractivity contribution >= 4 is 70.0 Å². The molecule has 6 N–H and O–H groups in total. The zero-order valence-electron chi connectivity index (χ0n) is 74.4. The van der Waals surface area contributed by atoms with Gasteiger partial charge in [0.05, 0.1) is 33.5 Å². The van der Waals surface area contributed by atoms with Crippen LogP contribution in [-0.2, 0) is 48.1 Å². The Bertz CT molecular complexity index is 7190. The van der Waals surface area contributed by atoms with Gasteiger partial charge in [-0.05, 0) is 217 Å². The lowest BCUT2D eigenvalue weighted by molar-refractivity contribution is -0.119. The summed E-state index contributed by atoms with van der Waals surface area (Å²) in [7, 11) is 2.08. The zero-order valence-corrected chi connectivity index (χ0v) is 74.4. The Hall–Kier alpha value is -16.9. The maximum atomic E-state index is 13.4. The molecule has 7 aliphatic heterocycles. The van der Waals surface area contributed by atoms with Crippen molar-refractivity contribution in [2.24, 2.45) is 5.10 Å². The second-order valence-corrected chi connectivity index (χ2v) is 32.8. The maximum Gasteiger partial charge on any atom is 0.279 e. The summed E-state index contributed by atoms with van der Waals surface area (Å²) in [6, 6.07) is 51.6. The van der Waals surface area contributed by atoms with Gasteiger partial charge in [-0.3, -0.25) is 103 Å². The smallest absolute Gasteiger partial charge is 0.279 e. The highest BCUT2D eigenvalue weighted by atomic mass is 16.2. The largest absolute Gasteiger partial charge is 0.374 e. The SMILES string of the molecule is C=C1C=CC(C(=O)N2CCCc3c2nc(-c2ccccn2)[nH]c3=O)=NN1.CCCCC(=O)N1CCCc2c1nc(-c1ccccn1)[nH]c2=O.CN1CCCc2cc(C(=O)N3CCCc4c3nc(-c3ccccn3)[nH]c4=O)ccc21.Cc1cccc(C(=O)N2CCCc3c2nc(-c2ccccn2)[nH]c3=O)c1.O=C(c1ccn(-c2ccccc2)n1)N1CCCc2c1nc(-c1ccccn1)[nH]c2=O. The number of carbonyl (C=O) groups excluding carboxylic acids is 5. The van der Waals surface area contributed by atoms with Gasteiger partial charge in [-0.25, -0.2) is 29.6 Å². The number of rotatable bonds is 13. The van der Waals surface area contributed by atoms with Crippen LogP contribution in [0.4, 0.5) is 34.8 Å². The van der Waals surface area contributed by atoms with E-state index in [9.17, 15) is 47.9 Å². The third-order valence-corrected chi connectivity index (χ3v) is 23.6. The van der Waals surface area contributed by atoms with E-state index in [1.54, 1.807) is 135 Å². The highest BCUT2D eigenvalue weighted by Gasteiger charge is 2.36. The molecule has 7 aliphatic rings. The molecule has 0 saturated heterocycles. The highest BCUT2D eigenvalue weighted by Crippen LogP contribution is 2.34. The number of hydrogen-bond donors (Lipinski definition) is 6. The Morgan fingerprint density at radius 3 is 1.17 bits per heavy atom. The standard InChI is InChI=1S/C23H23N5O2.C22H18N6O2.C20H18N4O2.C18H16N6O2.C17H20N4O2/c1-27-12-4-6-15-14-16(9-10-19(15)27)23(30)28-13-5-7-17-21(28)25-20(26-22(17)29)18-8-2-3-11-24-18;29-21-16-9-6-13-27(20(16)24-19(25-21)17-10-4-5-12-23-17)22(30)18-11-14-28(26-18)15-7-2-1-3-8-15;1-13-6-4-7-14(12-13)20(26)24-11-5-8-15-18(24)22-17(23-19(15)25)16-9-2-3-10-21-16;1-11-7-8-14(23-22-11)18(26)24-10-4-5-12-16(24)20-15(21-17(12)25)13-6-2-3-9-19-13;1-2-3-9-14(22)21-11-6-7-12-16(21)19-15(20-17(12)23)13-8-4-5-10-18-13/h2-3,8-11,14H,4-7,12-13H2,1H3,(H,25,26,29);1-5,7-8,10-12,14H,6,9,13H2,(H,24,25,29);2-4,6-7,9-10,12H,5,8,11H2,1H3,(H,22,23,25);2-3,6-9,22H,1,4-5,10H2,(H,20,21,25);4-5,8,10H,2-3,6-7,9,11H2,1H3,(H,19,20,23). The molecule has 21 rings (SSSR count). The minimum atomic E-state index is -0.313. The fraction of sp³-hybridized carbons (Fsp3) is 0.240. The molecule has 0 saturated carbocycles. The second-order valence-electron chi connectivity index (χ2n) is 32.8. The number of aryl methyl sites for hydroxylation is 2. The van der Waals surface area contributed by atoms with E-state index in [0.29, 0.717) is 221 Å². The molecule has 35 nitrogen and oxygen atoms in total. The molecular formula is C100H95N25O10. The topological polar surface area (TPSA) is 440 Å². The average molecular weight is 1810 g/mol. The quantitative estimate of drug-likeness (QED) is 0.0624. The van der Waals surface area contributed by atoms with E-state index >= 15 is 0 Å². The number of carbonyl (C=O) groups is 5. The number of nitrogens with one attached hydrogen (secondary N) is 6. The number of unbranched alkanes of at least 4 members (excludes halogenated alkanes) is 1. The first-order chi connectivity index (χ1) is 65.8. The van der Waals surface area contributed by atoms with E-state index in [-0.39, 0.29) is 63.0 Å². The first-order valence-corrected chi connectivity index (χ1v) is 44.8. The van der Waals surface area contributed by atoms with Crippen LogP contribution in [0.15, 0.2) is 261 Å². The van der Waals surface area contributed by atoms with Crippen molar-refractivity contribution in [2.75, 3.05) is 75.7 Å². The van der Waals surface area contributed by atoms with Crippen LogP contribution in [-0.4, -0.2) is 166 Å². The number of hydrazone groups is 1. The van der Waals surface area contributed by atoms with Gasteiger partial charge in [0.1, 0.15) is 63.3 Å². The number of fused-ring (bicyclic) bond motifs is 6. The minimum Gasteiger partial charge on any atom is -0.374 e. The molecule has 680 valence electrons. The van der Waals surface area contributed by atoms with Gasteiger partial charge in [-0.1, -0.05) is 86.2 Å². The molecule has 0 bridgehead atoms. The van der Waals surface area contributed by atoms with E-state index in [1.165, 1.54) is 21.1 Å². The van der Waals surface area contributed by atoms with Gasteiger partial charge < -0.3 is 29.8 Å². The van der Waals surface area contributed by atoms with Crippen molar-refractivity contribution in [3.8, 4) is 63.3 Å². The number of benzene rings is 3. The predicted octanol–water partition coefficient (Wildman–Crippen LogP) is 11.6. The lowest BCUT2D eigenvalue weighted by Gasteiger charge is -2.30. The number of nitrogens with zero attached hydrogens (tertiary/aromatic N) is 19. The average Bonchev–Trinajstić information content (AvgIpc) is 1.47. The molecule has 0 unspecified atom stereocenters. The van der Waals surface area contributed by atoms with E-state index in [0.717, 1.165) is 62.7 Å². The van der Waals surface area contributed by atoms with Crippen LogP contribution < -0.4 is 62.6 Å². The Morgan fingerprint density at radius 2 is 0.778 bits per heavy atom. The lowest BCUT2D eigenvalue weighted by Crippen LogP contribution is -2.43. The number of para-hydroxylation sites is 1. The monoisotopic (exact) mass is 1810 g/mol. The van der Waals surface area contributed by atoms with Crippen molar-refractivity contribution in [3.05, 3.63) is 339 Å². The van der Waals surface area contributed by atoms with E-state index < -0.39 is 0 Å². The van der Waals surface area contributed by atoms with Crippen LogP contribution in [0.2, 0.25) is 0 Å². The summed E-state index contributed by atoms with van der Waals surface area (Å²) in [6.07, 6.45) is 24.2. The van der Waals surface area contributed by atoms with Crippen LogP contribution in [0.25, 0.3) is 63.3 Å². The predicted molar refractivity (Wildman–Crippen MR) is 513 cm³/mol. The number of allylic oxidation sites excluding steroid dienone is 1. The van der Waals surface area contributed by atoms with Crippen LogP contribution in [0.1, 0.15) is 135 Å². The van der Waals surface area contributed by atoms with Gasteiger partial charge in [0.2, 0.25) is 5.91 Å². The molecule has 0 aliphatic carbocycles. The Morgan fingerprint density at radius 1 is 0.393 bits per heavy atom. The normalized spacial score (nSPS) is 14.3. The molecule has 35 heteroatoms. The molecule has 11 aromatic heterocycles. The summed E-state index contributed by atoms with van der Waals surface area (Å²) in [4.78, 5) is 196. The van der Waals surface area contributed by atoms with Crippen LogP contribution in [0, 0.1) is 6.92 Å². The molecule has 0 radical (unpaired) electrons. The molecule has 135 heavy (non-hydrogen) atoms. The molecule has 3 aromatic carbocycles. The zero-order chi connectivity index (χ0) is 93.6. The second kappa shape index (κ2) is 41.1. The third kappa shape index (κ3) is 20.2. The first kappa shape index (κ1) is 90.1. The summed E-state index contributed by atoms with van der Waals surface area (Å²) in [5, 5.41) is 8.46. The molecule has 0 spiro atoms. The van der Waals surface area contributed by atoms with Gasteiger partial charge >= 0.3 is 0 Å². The number of aromatic nitrogens is 17. The van der Waals surface area contributed by atoms with Crippen molar-refractivity contribution in [1.29, 1.82) is 0 Å². The number of hydrogen-bond acceptors (Lipinski definition) is 24. The Kier molecular flexibility index (Phi) is 27.4. The molecular weight excluding hydrogens is 1710 g/mol. The number of anilines is 6. The number of amides is 5. The fourth-order valence-corrected chi connectivity index (χ4v) is 16.8. The van der Waals surface area contributed by atoms with Crippen LogP contribution in [0.3, 0.4) is 0 Å². The van der Waals surface area contributed by atoms with Crippen molar-refractivity contribution in [2.45, 2.75) is 110 Å². The summed E-state index contributed by atoms with van der Waals surface area (Å²) < 4.78 is 1.66. The Balaban J connectivity index is 0.000000118. The van der Waals surface area contributed by atoms with E-state index in [4.69, 9.17) is 0 Å². The number of H-pyrrole nitrogens is 5. The summed E-state index contributed by atoms with van der Waals surface area (Å²) in [6.45, 7) is 11.4. The Labute approximate surface area is 773 Å². The molecule has 18 heterocycles. The molecule has 0 atom stereocenters. The lowest BCUT2D eigenvalue weighted by atomic mass is 9.98. The summed E-state index contributed by atoms with van der Waals surface area (Å²) >= 11 is 0. The fourth-order valence-electron chi connectivity index (χ4n) is 16.8. The maximum absolute atomic E-state index is 13.4. The van der Waals surface area contributed by atoms with E-state index in [2.05, 4.69) is 116 Å². The number of pyridine rings is 5. The minimum absolute atomic E-state index is 0.0397. The van der Waals surface area contributed by atoms with Crippen molar-refractivity contribution in [1.82, 2.24) is 90.0 Å². The summed E-state index contributed by atoms with van der Waals surface area (Å²) in [5.74, 6) is 3.16. The molecule has 14 aromatic rings. The van der Waals surface area contributed by atoms with Gasteiger partial charge in [0.15, 0.2) is 34.8 Å². The van der Waals surface area contributed by atoms with Gasteiger partial charge in [0, 0.05) is 112 Å². The van der Waals surface area contributed by atoms with Crippen molar-refractivity contribution in [3.63, 3.8) is 0 Å². The van der Waals surface area contributed by atoms with E-state index in [1.807, 2.05) is 110 Å². The van der Waals surface area contributed by atoms with Gasteiger partial charge in [-0.2, -0.15) is 10.2 Å². The first-order valence-electron chi connectivity index (χ1n) is 44.8.